The van der Waals surface area contributed by atoms with Crippen LogP contribution in [-0.4, -0.2) is 47.1 Å². The minimum absolute atomic E-state index is 0.210. The summed E-state index contributed by atoms with van der Waals surface area (Å²) in [5.74, 6) is 0.520. The van der Waals surface area contributed by atoms with Crippen LogP contribution in [-0.2, 0) is 9.47 Å². The molecule has 1 heterocycles. The lowest BCUT2D eigenvalue weighted by Crippen LogP contribution is -2.37. The second-order valence-electron chi connectivity index (χ2n) is 6.64. The first-order chi connectivity index (χ1) is 12.8. The fourth-order valence-corrected chi connectivity index (χ4v) is 2.69. The minimum atomic E-state index is -0.409. The van der Waals surface area contributed by atoms with Crippen molar-refractivity contribution in [2.75, 3.05) is 37.5 Å². The maximum Gasteiger partial charge on any atom is 0.245 e. The van der Waals surface area contributed by atoms with Gasteiger partial charge in [0.25, 0.3) is 0 Å². The Kier molecular flexibility index (Phi) is 8.04. The molecule has 0 saturated carbocycles. The van der Waals surface area contributed by atoms with Gasteiger partial charge in [-0.25, -0.2) is 0 Å². The predicted molar refractivity (Wildman–Crippen MR) is 109 cm³/mol. The zero-order valence-electron chi connectivity index (χ0n) is 15.8. The van der Waals surface area contributed by atoms with Crippen molar-refractivity contribution < 1.29 is 9.47 Å². The van der Waals surface area contributed by atoms with E-state index in [2.05, 4.69) is 27.4 Å². The van der Waals surface area contributed by atoms with Crippen LogP contribution in [0.2, 0.25) is 10.0 Å². The normalized spacial score (nSPS) is 11.6. The van der Waals surface area contributed by atoms with Gasteiger partial charge in [-0.05, 0) is 26.3 Å². The molecule has 2 rings (SSSR count). The van der Waals surface area contributed by atoms with E-state index in [0.717, 1.165) is 13.0 Å². The Labute approximate surface area is 169 Å². The standard InChI is InChI=1S/C18H25Cl2N5O2/c1-4-8-26-9-10-27-11-18(2,3)23-17-22-16(21)15(24-25-17)12-6-5-7-13(19)14(12)20/h5-7H,4,8-11H2,1-3H3,(H3,21,22,23,25). The van der Waals surface area contributed by atoms with E-state index in [1.165, 1.54) is 0 Å². The molecule has 0 bridgehead atoms. The van der Waals surface area contributed by atoms with Crippen molar-refractivity contribution >= 4 is 35.0 Å². The van der Waals surface area contributed by atoms with Crippen LogP contribution in [0.3, 0.4) is 0 Å². The Bertz CT molecular complexity index is 759. The third kappa shape index (κ3) is 6.46. The third-order valence-electron chi connectivity index (χ3n) is 3.55. The smallest absolute Gasteiger partial charge is 0.245 e. The van der Waals surface area contributed by atoms with E-state index in [0.29, 0.717) is 47.1 Å². The van der Waals surface area contributed by atoms with Gasteiger partial charge in [-0.1, -0.05) is 42.3 Å². The van der Waals surface area contributed by atoms with Crippen LogP contribution in [0.5, 0.6) is 0 Å². The molecule has 1 aromatic heterocycles. The summed E-state index contributed by atoms with van der Waals surface area (Å²) in [5.41, 5.74) is 6.62. The van der Waals surface area contributed by atoms with Crippen LogP contribution in [0.25, 0.3) is 11.3 Å². The lowest BCUT2D eigenvalue weighted by Gasteiger charge is -2.26. The Morgan fingerprint density at radius 1 is 1.11 bits per heavy atom. The van der Waals surface area contributed by atoms with Gasteiger partial charge in [0.1, 0.15) is 5.69 Å². The SMILES string of the molecule is CCCOCCOCC(C)(C)Nc1nnc(-c2cccc(Cl)c2Cl)c(N)n1. The van der Waals surface area contributed by atoms with E-state index in [-0.39, 0.29) is 5.82 Å². The molecule has 0 unspecified atom stereocenters. The van der Waals surface area contributed by atoms with Gasteiger partial charge in [0.15, 0.2) is 5.82 Å². The second-order valence-corrected chi connectivity index (χ2v) is 7.43. The van der Waals surface area contributed by atoms with Crippen molar-refractivity contribution in [3.05, 3.63) is 28.2 Å². The number of nitrogens with two attached hydrogens (primary N) is 1. The van der Waals surface area contributed by atoms with Crippen molar-refractivity contribution in [3.8, 4) is 11.3 Å². The van der Waals surface area contributed by atoms with Gasteiger partial charge in [-0.15, -0.1) is 10.2 Å². The molecule has 7 nitrogen and oxygen atoms in total. The summed E-state index contributed by atoms with van der Waals surface area (Å²) in [5, 5.41) is 12.2. The number of halogens is 2. The molecule has 0 saturated heterocycles. The number of ether oxygens (including phenoxy) is 2. The summed E-state index contributed by atoms with van der Waals surface area (Å²) in [6.07, 6.45) is 0.995. The van der Waals surface area contributed by atoms with Crippen LogP contribution >= 0.6 is 23.2 Å². The van der Waals surface area contributed by atoms with Gasteiger partial charge in [-0.2, -0.15) is 4.98 Å². The first kappa shape index (κ1) is 21.6. The van der Waals surface area contributed by atoms with Gasteiger partial charge in [0.2, 0.25) is 5.95 Å². The molecule has 0 aliphatic carbocycles. The summed E-state index contributed by atoms with van der Waals surface area (Å²) in [7, 11) is 0. The second kappa shape index (κ2) is 10.0. The van der Waals surface area contributed by atoms with E-state index in [1.807, 2.05) is 13.8 Å². The predicted octanol–water partition coefficient (Wildman–Crippen LogP) is 4.06. The van der Waals surface area contributed by atoms with Crippen molar-refractivity contribution in [1.82, 2.24) is 15.2 Å². The van der Waals surface area contributed by atoms with Gasteiger partial charge in [0, 0.05) is 12.2 Å². The van der Waals surface area contributed by atoms with Crippen LogP contribution in [0.1, 0.15) is 27.2 Å². The highest BCUT2D eigenvalue weighted by molar-refractivity contribution is 6.43. The van der Waals surface area contributed by atoms with Gasteiger partial charge < -0.3 is 20.5 Å². The van der Waals surface area contributed by atoms with Crippen molar-refractivity contribution in [3.63, 3.8) is 0 Å². The van der Waals surface area contributed by atoms with Crippen molar-refractivity contribution in [2.45, 2.75) is 32.7 Å². The van der Waals surface area contributed by atoms with E-state index in [1.54, 1.807) is 18.2 Å². The highest BCUT2D eigenvalue weighted by Gasteiger charge is 2.21. The average molecular weight is 414 g/mol. The molecule has 0 aliphatic heterocycles. The highest BCUT2D eigenvalue weighted by Crippen LogP contribution is 2.34. The van der Waals surface area contributed by atoms with Crippen LogP contribution in [0, 0.1) is 0 Å². The Hall–Kier alpha value is -1.67. The molecule has 27 heavy (non-hydrogen) atoms. The number of benzene rings is 1. The van der Waals surface area contributed by atoms with E-state index < -0.39 is 5.54 Å². The number of nitrogens with one attached hydrogen (secondary N) is 1. The number of nitrogens with zero attached hydrogens (tertiary/aromatic N) is 3. The summed E-state index contributed by atoms with van der Waals surface area (Å²) < 4.78 is 11.0. The number of anilines is 2. The first-order valence-electron chi connectivity index (χ1n) is 8.72. The van der Waals surface area contributed by atoms with E-state index >= 15 is 0 Å². The van der Waals surface area contributed by atoms with Crippen molar-refractivity contribution in [1.29, 1.82) is 0 Å². The molecule has 0 radical (unpaired) electrons. The van der Waals surface area contributed by atoms with Crippen LogP contribution in [0.15, 0.2) is 18.2 Å². The molecule has 0 amide bonds. The zero-order chi connectivity index (χ0) is 19.9. The maximum absolute atomic E-state index is 6.22. The molecule has 0 spiro atoms. The molecule has 0 atom stereocenters. The molecule has 9 heteroatoms. The molecule has 2 aromatic rings. The Balaban J connectivity index is 1.99. The molecule has 148 valence electrons. The summed E-state index contributed by atoms with van der Waals surface area (Å²) in [6.45, 7) is 8.31. The average Bonchev–Trinajstić information content (AvgIpc) is 2.61. The third-order valence-corrected chi connectivity index (χ3v) is 4.37. The zero-order valence-corrected chi connectivity index (χ0v) is 17.3. The largest absolute Gasteiger partial charge is 0.382 e. The highest BCUT2D eigenvalue weighted by atomic mass is 35.5. The number of rotatable bonds is 10. The topological polar surface area (TPSA) is 95.2 Å². The van der Waals surface area contributed by atoms with Gasteiger partial charge in [0.05, 0.1) is 35.4 Å². The minimum Gasteiger partial charge on any atom is -0.382 e. The van der Waals surface area contributed by atoms with Gasteiger partial charge in [-0.3, -0.25) is 0 Å². The maximum atomic E-state index is 6.22. The number of hydrogen-bond donors (Lipinski definition) is 2. The lowest BCUT2D eigenvalue weighted by molar-refractivity contribution is 0.0355. The number of aromatic nitrogens is 3. The lowest BCUT2D eigenvalue weighted by atomic mass is 10.1. The van der Waals surface area contributed by atoms with E-state index in [9.17, 15) is 0 Å². The number of nitrogen functional groups attached to an aromatic ring is 1. The summed E-state index contributed by atoms with van der Waals surface area (Å²) >= 11 is 12.3. The monoisotopic (exact) mass is 413 g/mol. The van der Waals surface area contributed by atoms with Crippen LogP contribution in [0.4, 0.5) is 11.8 Å². The Morgan fingerprint density at radius 2 is 1.85 bits per heavy atom. The molecular formula is C18H25Cl2N5O2. The molecule has 1 aromatic carbocycles. The number of hydrogen-bond acceptors (Lipinski definition) is 7. The van der Waals surface area contributed by atoms with Gasteiger partial charge >= 0.3 is 0 Å². The van der Waals surface area contributed by atoms with E-state index in [4.69, 9.17) is 38.4 Å². The fraction of sp³-hybridized carbons (Fsp3) is 0.500. The summed E-state index contributed by atoms with van der Waals surface area (Å²) in [4.78, 5) is 4.29. The Morgan fingerprint density at radius 3 is 2.56 bits per heavy atom. The van der Waals surface area contributed by atoms with Crippen molar-refractivity contribution in [2.24, 2.45) is 0 Å². The first-order valence-corrected chi connectivity index (χ1v) is 9.48. The molecular weight excluding hydrogens is 389 g/mol. The molecule has 0 fully saturated rings. The molecule has 0 aliphatic rings. The van der Waals surface area contributed by atoms with Crippen LogP contribution < -0.4 is 11.1 Å². The molecule has 3 N–H and O–H groups in total. The summed E-state index contributed by atoms with van der Waals surface area (Å²) in [6, 6.07) is 5.22. The quantitative estimate of drug-likeness (QED) is 0.566. The fourth-order valence-electron chi connectivity index (χ4n) is 2.30.